The van der Waals surface area contributed by atoms with Gasteiger partial charge in [-0.25, -0.2) is 8.78 Å². The quantitative estimate of drug-likeness (QED) is 0.161. The van der Waals surface area contributed by atoms with Crippen molar-refractivity contribution in [3.63, 3.8) is 0 Å². The largest absolute Gasteiger partial charge is 0.416 e. The van der Waals surface area contributed by atoms with E-state index in [1.54, 1.807) is 56.1 Å². The molecule has 0 fully saturated rings. The molecule has 0 saturated carbocycles. The van der Waals surface area contributed by atoms with Crippen LogP contribution in [0.2, 0.25) is 0 Å². The zero-order valence-electron chi connectivity index (χ0n) is 36.7. The maximum absolute atomic E-state index is 15.5. The van der Waals surface area contributed by atoms with E-state index in [0.717, 1.165) is 59.4 Å². The van der Waals surface area contributed by atoms with Gasteiger partial charge in [-0.15, -0.1) is 22.7 Å². The average molecular weight is 955 g/mol. The number of para-hydroxylation sites is 2. The Hall–Kier alpha value is -8.35. The van der Waals surface area contributed by atoms with E-state index in [4.69, 9.17) is 0 Å². The Bertz CT molecular complexity index is 4200. The number of rotatable bonds is 5. The summed E-state index contributed by atoms with van der Waals surface area (Å²) < 4.78 is 83.4. The van der Waals surface area contributed by atoms with Crippen molar-refractivity contribution in [1.82, 2.24) is 9.13 Å². The van der Waals surface area contributed by atoms with Crippen LogP contribution >= 0.6 is 22.7 Å². The number of alkyl halides is 5. The fourth-order valence-electron chi connectivity index (χ4n) is 10.6. The third kappa shape index (κ3) is 6.08. The van der Waals surface area contributed by atoms with Crippen LogP contribution in [0.4, 0.5) is 22.0 Å². The predicted molar refractivity (Wildman–Crippen MR) is 276 cm³/mol. The molecule has 13 rings (SSSR count). The number of fused-ring (bicyclic) bond motifs is 12. The lowest BCUT2D eigenvalue weighted by atomic mass is 9.84. The normalized spacial score (nSPS) is 12.4. The van der Waals surface area contributed by atoms with Crippen LogP contribution in [-0.2, 0) is 12.1 Å². The molecule has 70 heavy (non-hydrogen) atoms. The highest BCUT2D eigenvalue weighted by atomic mass is 32.1. The summed E-state index contributed by atoms with van der Waals surface area (Å²) in [5.74, 6) is -3.27. The first-order valence-electron chi connectivity index (χ1n) is 22.3. The standard InChI is InChI=1S/C59H31F5N4S2/c1-58(60,61)34-20-22-38-36-10-2-6-14-46(36)67(48(38)28-34)56-44(30-65)54(32-18-24-52-42(26-32)40-12-4-8-16-50(40)69-52)55(33-19-25-53-43(27-33)41-13-5-9-17-51(41)70-53)45(31-66)57(56)68-47-15-7-3-11-37(47)39-23-21-35(29-49(39)68)59(62,63)64/h2-29H,1H3. The molecular weight excluding hydrogens is 924 g/mol. The molecule has 0 aliphatic rings. The Morgan fingerprint density at radius 2 is 0.786 bits per heavy atom. The minimum Gasteiger partial charge on any atom is -0.306 e. The third-order valence-corrected chi connectivity index (χ3v) is 15.9. The van der Waals surface area contributed by atoms with Crippen LogP contribution in [0.3, 0.4) is 0 Å². The van der Waals surface area contributed by atoms with E-state index >= 15 is 8.78 Å². The molecule has 0 aliphatic carbocycles. The topological polar surface area (TPSA) is 57.4 Å². The Balaban J connectivity index is 1.31. The van der Waals surface area contributed by atoms with Gasteiger partial charge in [-0.05, 0) is 77.9 Å². The van der Waals surface area contributed by atoms with Crippen LogP contribution in [0.15, 0.2) is 170 Å². The summed E-state index contributed by atoms with van der Waals surface area (Å²) in [6.45, 7) is 0.822. The van der Waals surface area contributed by atoms with E-state index in [1.807, 2.05) is 103 Å². The summed E-state index contributed by atoms with van der Waals surface area (Å²) in [5, 5.41) is 30.5. The number of nitriles is 2. The van der Waals surface area contributed by atoms with E-state index in [0.29, 0.717) is 60.3 Å². The molecule has 334 valence electrons. The molecular formula is C59H31F5N4S2. The van der Waals surface area contributed by atoms with Crippen LogP contribution in [-0.4, -0.2) is 9.13 Å². The lowest BCUT2D eigenvalue weighted by Crippen LogP contribution is -2.13. The van der Waals surface area contributed by atoms with Crippen LogP contribution in [0.1, 0.15) is 29.2 Å². The van der Waals surface area contributed by atoms with Gasteiger partial charge in [0.05, 0.1) is 50.1 Å². The van der Waals surface area contributed by atoms with Gasteiger partial charge in [0.2, 0.25) is 0 Å². The van der Waals surface area contributed by atoms with Crippen molar-refractivity contribution < 1.29 is 22.0 Å². The van der Waals surface area contributed by atoms with Gasteiger partial charge in [-0.2, -0.15) is 23.7 Å². The number of nitrogens with zero attached hydrogens (tertiary/aromatic N) is 4. The summed E-state index contributed by atoms with van der Waals surface area (Å²) in [7, 11) is 0. The fraction of sp³-hybridized carbons (Fsp3) is 0.0508. The fourth-order valence-corrected chi connectivity index (χ4v) is 12.8. The van der Waals surface area contributed by atoms with Crippen molar-refractivity contribution in [1.29, 1.82) is 10.5 Å². The molecule has 0 saturated heterocycles. The zero-order valence-corrected chi connectivity index (χ0v) is 38.3. The molecule has 0 unspecified atom stereocenters. The van der Waals surface area contributed by atoms with E-state index in [1.165, 1.54) is 18.2 Å². The molecule has 9 aromatic carbocycles. The molecule has 0 bridgehead atoms. The molecule has 0 amide bonds. The van der Waals surface area contributed by atoms with Crippen LogP contribution < -0.4 is 0 Å². The van der Waals surface area contributed by atoms with Gasteiger partial charge in [0.15, 0.2) is 0 Å². The summed E-state index contributed by atoms with van der Waals surface area (Å²) in [6.07, 6.45) is -4.74. The van der Waals surface area contributed by atoms with Crippen molar-refractivity contribution in [3.05, 3.63) is 192 Å². The average Bonchev–Trinajstić information content (AvgIpc) is 4.12. The maximum Gasteiger partial charge on any atom is 0.416 e. The summed E-state index contributed by atoms with van der Waals surface area (Å²) in [5.41, 5.74) is 2.76. The van der Waals surface area contributed by atoms with Crippen molar-refractivity contribution in [3.8, 4) is 45.8 Å². The highest BCUT2D eigenvalue weighted by Gasteiger charge is 2.35. The van der Waals surface area contributed by atoms with E-state index in [-0.39, 0.29) is 33.6 Å². The highest BCUT2D eigenvalue weighted by Crippen LogP contribution is 2.51. The van der Waals surface area contributed by atoms with Crippen molar-refractivity contribution in [2.75, 3.05) is 0 Å². The smallest absolute Gasteiger partial charge is 0.306 e. The molecule has 4 aromatic heterocycles. The Labute approximate surface area is 403 Å². The van der Waals surface area contributed by atoms with Gasteiger partial charge >= 0.3 is 6.18 Å². The Kier molecular flexibility index (Phi) is 9.00. The number of aromatic nitrogens is 2. The van der Waals surface area contributed by atoms with Crippen molar-refractivity contribution >= 4 is 107 Å². The van der Waals surface area contributed by atoms with E-state index in [9.17, 15) is 23.7 Å². The number of benzene rings is 9. The van der Waals surface area contributed by atoms with Crippen LogP contribution in [0, 0.1) is 22.7 Å². The molecule has 0 atom stereocenters. The number of hydrogen-bond donors (Lipinski definition) is 0. The minimum absolute atomic E-state index is 0.0705. The molecule has 0 radical (unpaired) electrons. The molecule has 0 aliphatic heterocycles. The van der Waals surface area contributed by atoms with E-state index < -0.39 is 17.7 Å². The number of halogens is 5. The van der Waals surface area contributed by atoms with Gasteiger partial charge in [0.1, 0.15) is 12.1 Å². The van der Waals surface area contributed by atoms with Gasteiger partial charge in [0.25, 0.3) is 5.92 Å². The second-order valence-corrected chi connectivity index (χ2v) is 19.8. The van der Waals surface area contributed by atoms with Crippen molar-refractivity contribution in [2.45, 2.75) is 19.0 Å². The highest BCUT2D eigenvalue weighted by molar-refractivity contribution is 7.26. The molecule has 0 N–H and O–H groups in total. The first-order chi connectivity index (χ1) is 33.9. The maximum atomic E-state index is 15.5. The lowest BCUT2D eigenvalue weighted by molar-refractivity contribution is -0.137. The van der Waals surface area contributed by atoms with Crippen molar-refractivity contribution in [2.24, 2.45) is 0 Å². The third-order valence-electron chi connectivity index (χ3n) is 13.6. The molecule has 0 spiro atoms. The first-order valence-corrected chi connectivity index (χ1v) is 23.9. The van der Waals surface area contributed by atoms with Crippen LogP contribution in [0.5, 0.6) is 0 Å². The van der Waals surface area contributed by atoms with Gasteiger partial charge in [-0.1, -0.05) is 103 Å². The molecule has 4 heterocycles. The number of hydrogen-bond acceptors (Lipinski definition) is 4. The summed E-state index contributed by atoms with van der Waals surface area (Å²) in [4.78, 5) is 0. The summed E-state index contributed by atoms with van der Waals surface area (Å²) in [6, 6.07) is 55.8. The monoisotopic (exact) mass is 954 g/mol. The lowest BCUT2D eigenvalue weighted by Gasteiger charge is -2.25. The number of thiophene rings is 2. The van der Waals surface area contributed by atoms with Gasteiger partial charge < -0.3 is 9.13 Å². The van der Waals surface area contributed by atoms with Gasteiger partial charge in [0, 0.05) is 85.5 Å². The first kappa shape index (κ1) is 41.8. The molecule has 4 nitrogen and oxygen atoms in total. The second kappa shape index (κ2) is 15.1. The van der Waals surface area contributed by atoms with Crippen LogP contribution in [0.25, 0.3) is 118 Å². The predicted octanol–water partition coefficient (Wildman–Crippen LogP) is 17.8. The molecule has 11 heteroatoms. The second-order valence-electron chi connectivity index (χ2n) is 17.6. The Morgan fingerprint density at radius 3 is 1.23 bits per heavy atom. The Morgan fingerprint density at radius 1 is 0.400 bits per heavy atom. The summed E-state index contributed by atoms with van der Waals surface area (Å²) >= 11 is 3.27. The molecule has 13 aromatic rings. The minimum atomic E-state index is -4.74. The zero-order chi connectivity index (χ0) is 47.8. The van der Waals surface area contributed by atoms with Gasteiger partial charge in [-0.3, -0.25) is 0 Å². The SMILES string of the molecule is CC(F)(F)c1ccc2c3ccccc3n(-c3c(C#N)c(-c4ccc5sc6ccccc6c5c4)c(-c4ccc5sc6ccccc6c5c4)c(C#N)c3-n3c4ccccc4c4ccc(C(F)(F)F)cc43)c2c1. The van der Waals surface area contributed by atoms with E-state index in [2.05, 4.69) is 24.3 Å².